The molecule has 0 saturated carbocycles. The van der Waals surface area contributed by atoms with Gasteiger partial charge in [0.1, 0.15) is 5.82 Å². The number of piperazine rings is 1. The van der Waals surface area contributed by atoms with Crippen LogP contribution in [0.3, 0.4) is 0 Å². The van der Waals surface area contributed by atoms with Crippen molar-refractivity contribution in [2.24, 2.45) is 4.99 Å². The van der Waals surface area contributed by atoms with Crippen LogP contribution in [0.25, 0.3) is 0 Å². The standard InChI is InChI=1S/C22H31FN6.HI/c1-3-28-12-14-29(15-13-28)21-8-7-18(16-20(21)23)17-27-22(24-2)26-11-9-19-6-4-5-10-25-19;/h4-8,10,16H,3,9,11-15,17H2,1-2H3,(H2,24,26,27);1H. The highest BCUT2D eigenvalue weighted by Crippen LogP contribution is 2.22. The smallest absolute Gasteiger partial charge is 0.191 e. The van der Waals surface area contributed by atoms with E-state index in [2.05, 4.69) is 37.3 Å². The van der Waals surface area contributed by atoms with E-state index in [1.54, 1.807) is 19.3 Å². The van der Waals surface area contributed by atoms with Crippen molar-refractivity contribution >= 4 is 35.6 Å². The van der Waals surface area contributed by atoms with Gasteiger partial charge in [0, 0.05) is 64.6 Å². The summed E-state index contributed by atoms with van der Waals surface area (Å²) in [7, 11) is 1.73. The van der Waals surface area contributed by atoms with E-state index >= 15 is 0 Å². The number of anilines is 1. The Balaban J connectivity index is 0.00000320. The summed E-state index contributed by atoms with van der Waals surface area (Å²) in [5.74, 6) is 0.536. The largest absolute Gasteiger partial charge is 0.367 e. The molecule has 1 aromatic carbocycles. The van der Waals surface area contributed by atoms with Crippen molar-refractivity contribution in [3.8, 4) is 0 Å². The number of guanidine groups is 1. The van der Waals surface area contributed by atoms with Crippen LogP contribution in [0.2, 0.25) is 0 Å². The lowest BCUT2D eigenvalue weighted by Crippen LogP contribution is -2.46. The van der Waals surface area contributed by atoms with Crippen molar-refractivity contribution in [1.29, 1.82) is 0 Å². The van der Waals surface area contributed by atoms with E-state index in [1.807, 2.05) is 30.3 Å². The van der Waals surface area contributed by atoms with E-state index in [1.165, 1.54) is 0 Å². The van der Waals surface area contributed by atoms with Gasteiger partial charge < -0.3 is 20.4 Å². The van der Waals surface area contributed by atoms with Gasteiger partial charge in [-0.05, 0) is 36.4 Å². The Morgan fingerprint density at radius 1 is 1.13 bits per heavy atom. The summed E-state index contributed by atoms with van der Waals surface area (Å²) < 4.78 is 14.7. The molecule has 0 aliphatic carbocycles. The number of rotatable bonds is 7. The van der Waals surface area contributed by atoms with Crippen LogP contribution in [0.4, 0.5) is 10.1 Å². The summed E-state index contributed by atoms with van der Waals surface area (Å²) in [5.41, 5.74) is 2.63. The molecule has 0 unspecified atom stereocenters. The fraction of sp³-hybridized carbons (Fsp3) is 0.455. The molecule has 3 rings (SSSR count). The lowest BCUT2D eigenvalue weighted by atomic mass is 10.1. The number of likely N-dealkylation sites (N-methyl/N-ethyl adjacent to an activating group) is 1. The number of aliphatic imine (C=N–C) groups is 1. The number of nitrogens with one attached hydrogen (secondary N) is 2. The first kappa shape index (κ1) is 24.3. The molecule has 1 aromatic heterocycles. The molecular formula is C22H32FIN6. The highest BCUT2D eigenvalue weighted by molar-refractivity contribution is 14.0. The van der Waals surface area contributed by atoms with Gasteiger partial charge in [-0.2, -0.15) is 0 Å². The molecule has 2 N–H and O–H groups in total. The molecule has 0 radical (unpaired) electrons. The van der Waals surface area contributed by atoms with Crippen molar-refractivity contribution in [3.63, 3.8) is 0 Å². The van der Waals surface area contributed by atoms with Crippen LogP contribution >= 0.6 is 24.0 Å². The molecule has 0 bridgehead atoms. The average molecular weight is 526 g/mol. The van der Waals surface area contributed by atoms with Gasteiger partial charge in [-0.1, -0.05) is 19.1 Å². The van der Waals surface area contributed by atoms with Gasteiger partial charge in [0.15, 0.2) is 5.96 Å². The fourth-order valence-corrected chi connectivity index (χ4v) is 3.48. The maximum Gasteiger partial charge on any atom is 0.191 e. The Morgan fingerprint density at radius 3 is 2.57 bits per heavy atom. The summed E-state index contributed by atoms with van der Waals surface area (Å²) in [6, 6.07) is 11.4. The maximum atomic E-state index is 14.7. The molecule has 6 nitrogen and oxygen atoms in total. The first-order valence-corrected chi connectivity index (χ1v) is 10.3. The first-order valence-electron chi connectivity index (χ1n) is 10.3. The molecule has 164 valence electrons. The third kappa shape index (κ3) is 7.09. The Labute approximate surface area is 196 Å². The summed E-state index contributed by atoms with van der Waals surface area (Å²) in [4.78, 5) is 13.1. The van der Waals surface area contributed by atoms with Crippen LogP contribution in [0.1, 0.15) is 18.2 Å². The number of hydrogen-bond donors (Lipinski definition) is 2. The molecule has 30 heavy (non-hydrogen) atoms. The second-order valence-corrected chi connectivity index (χ2v) is 7.13. The number of pyridine rings is 1. The molecule has 0 spiro atoms. The Kier molecular flexibility index (Phi) is 10.3. The zero-order valence-corrected chi connectivity index (χ0v) is 20.1. The van der Waals surface area contributed by atoms with Crippen LogP contribution in [0, 0.1) is 5.82 Å². The minimum atomic E-state index is -0.160. The molecule has 0 amide bonds. The normalized spacial score (nSPS) is 14.9. The van der Waals surface area contributed by atoms with Gasteiger partial charge in [0.2, 0.25) is 0 Å². The van der Waals surface area contributed by atoms with Crippen LogP contribution in [-0.4, -0.2) is 62.2 Å². The molecule has 1 saturated heterocycles. The summed E-state index contributed by atoms with van der Waals surface area (Å²) in [6.07, 6.45) is 2.61. The quantitative estimate of drug-likeness (QED) is 0.330. The van der Waals surface area contributed by atoms with Crippen molar-refractivity contribution in [1.82, 2.24) is 20.5 Å². The fourth-order valence-electron chi connectivity index (χ4n) is 3.48. The third-order valence-corrected chi connectivity index (χ3v) is 5.26. The summed E-state index contributed by atoms with van der Waals surface area (Å²) >= 11 is 0. The van der Waals surface area contributed by atoms with Gasteiger partial charge in [0.25, 0.3) is 0 Å². The third-order valence-electron chi connectivity index (χ3n) is 5.26. The molecule has 1 fully saturated rings. The topological polar surface area (TPSA) is 55.8 Å². The number of hydrogen-bond acceptors (Lipinski definition) is 4. The SMILES string of the molecule is CCN1CCN(c2ccc(CNC(=NC)NCCc3ccccn3)cc2F)CC1.I. The number of nitrogens with zero attached hydrogens (tertiary/aromatic N) is 4. The number of aromatic nitrogens is 1. The molecule has 1 aliphatic heterocycles. The molecular weight excluding hydrogens is 494 g/mol. The van der Waals surface area contributed by atoms with E-state index in [-0.39, 0.29) is 29.8 Å². The number of halogens is 2. The highest BCUT2D eigenvalue weighted by Gasteiger charge is 2.18. The van der Waals surface area contributed by atoms with Gasteiger partial charge in [-0.3, -0.25) is 9.98 Å². The summed E-state index contributed by atoms with van der Waals surface area (Å²) in [6.45, 7) is 8.18. The predicted molar refractivity (Wildman–Crippen MR) is 132 cm³/mol. The molecule has 2 heterocycles. The average Bonchev–Trinajstić information content (AvgIpc) is 2.77. The monoisotopic (exact) mass is 526 g/mol. The van der Waals surface area contributed by atoms with Gasteiger partial charge in [-0.25, -0.2) is 4.39 Å². The Bertz CT molecular complexity index is 793. The van der Waals surface area contributed by atoms with E-state index in [0.717, 1.165) is 56.9 Å². The second-order valence-electron chi connectivity index (χ2n) is 7.13. The van der Waals surface area contributed by atoms with Crippen molar-refractivity contribution in [2.45, 2.75) is 19.9 Å². The molecule has 0 atom stereocenters. The van der Waals surface area contributed by atoms with Crippen molar-refractivity contribution in [2.75, 3.05) is 51.2 Å². The van der Waals surface area contributed by atoms with Crippen LogP contribution in [0.5, 0.6) is 0 Å². The van der Waals surface area contributed by atoms with Crippen LogP contribution < -0.4 is 15.5 Å². The molecule has 8 heteroatoms. The molecule has 2 aromatic rings. The maximum absolute atomic E-state index is 14.7. The predicted octanol–water partition coefficient (Wildman–Crippen LogP) is 2.89. The Hall–Kier alpha value is -1.94. The zero-order valence-electron chi connectivity index (χ0n) is 17.8. The van der Waals surface area contributed by atoms with E-state index in [0.29, 0.717) is 18.2 Å². The van der Waals surface area contributed by atoms with Gasteiger partial charge in [0.05, 0.1) is 5.69 Å². The zero-order chi connectivity index (χ0) is 20.5. The van der Waals surface area contributed by atoms with Crippen LogP contribution in [-0.2, 0) is 13.0 Å². The lowest BCUT2D eigenvalue weighted by molar-refractivity contribution is 0.270. The highest BCUT2D eigenvalue weighted by atomic mass is 127. The van der Waals surface area contributed by atoms with E-state index < -0.39 is 0 Å². The second kappa shape index (κ2) is 12.7. The van der Waals surface area contributed by atoms with Crippen LogP contribution in [0.15, 0.2) is 47.6 Å². The van der Waals surface area contributed by atoms with Crippen molar-refractivity contribution in [3.05, 3.63) is 59.7 Å². The van der Waals surface area contributed by atoms with E-state index in [4.69, 9.17) is 0 Å². The summed E-state index contributed by atoms with van der Waals surface area (Å²) in [5, 5.41) is 6.51. The Morgan fingerprint density at radius 2 is 1.93 bits per heavy atom. The lowest BCUT2D eigenvalue weighted by Gasteiger charge is -2.35. The van der Waals surface area contributed by atoms with Gasteiger partial charge >= 0.3 is 0 Å². The van der Waals surface area contributed by atoms with E-state index in [9.17, 15) is 4.39 Å². The first-order chi connectivity index (χ1) is 14.2. The van der Waals surface area contributed by atoms with Gasteiger partial charge in [-0.15, -0.1) is 24.0 Å². The van der Waals surface area contributed by atoms with Crippen molar-refractivity contribution < 1.29 is 4.39 Å². The number of benzene rings is 1. The minimum Gasteiger partial charge on any atom is -0.367 e. The minimum absolute atomic E-state index is 0. The molecule has 1 aliphatic rings.